The number of aryl methyl sites for hydroxylation is 1. The van der Waals surface area contributed by atoms with Crippen LogP contribution in [0.3, 0.4) is 0 Å². The van der Waals surface area contributed by atoms with Crippen LogP contribution in [0.4, 0.5) is 0 Å². The quantitative estimate of drug-likeness (QED) is 0.432. The van der Waals surface area contributed by atoms with Gasteiger partial charge < -0.3 is 14.9 Å². The number of fused-ring (bicyclic) bond motifs is 1. The van der Waals surface area contributed by atoms with Gasteiger partial charge in [0.1, 0.15) is 17.1 Å². The number of nitrogens with zero attached hydrogens (tertiary/aromatic N) is 1. The van der Waals surface area contributed by atoms with E-state index in [4.69, 9.17) is 27.1 Å². The van der Waals surface area contributed by atoms with Crippen molar-refractivity contribution in [1.82, 2.24) is 5.43 Å². The second kappa shape index (κ2) is 6.72. The number of furan rings is 1. The third-order valence-corrected chi connectivity index (χ3v) is 3.75. The van der Waals surface area contributed by atoms with Gasteiger partial charge in [0, 0.05) is 16.5 Å². The third kappa shape index (κ3) is 3.09. The molecule has 122 valence electrons. The molecule has 2 aromatic carbocycles. The summed E-state index contributed by atoms with van der Waals surface area (Å²) in [6.45, 7) is 1.96. The van der Waals surface area contributed by atoms with Crippen molar-refractivity contribution in [1.29, 1.82) is 0 Å². The molecular weight excluding hydrogens is 322 g/mol. The lowest BCUT2D eigenvalue weighted by Gasteiger charge is -2.06. The number of nitrogens with one attached hydrogen (secondary N) is 1. The van der Waals surface area contributed by atoms with Gasteiger partial charge in [-0.15, -0.1) is 0 Å². The summed E-state index contributed by atoms with van der Waals surface area (Å²) in [7, 11) is 1.62. The number of hydrogen-bond acceptors (Lipinski definition) is 4. The van der Waals surface area contributed by atoms with E-state index in [1.165, 1.54) is 0 Å². The minimum Gasteiger partial charge on any atom is -0.496 e. The van der Waals surface area contributed by atoms with Crippen molar-refractivity contribution in [2.75, 3.05) is 7.11 Å². The van der Waals surface area contributed by atoms with Crippen molar-refractivity contribution >= 4 is 34.5 Å². The first-order chi connectivity index (χ1) is 11.6. The number of benzene rings is 2. The van der Waals surface area contributed by atoms with Gasteiger partial charge in [-0.05, 0) is 36.8 Å². The number of ether oxygens (including phenoxy) is 1. The summed E-state index contributed by atoms with van der Waals surface area (Å²) >= 11 is 4.73. The van der Waals surface area contributed by atoms with Crippen LogP contribution in [0, 0.1) is 6.92 Å². The Kier molecular flexibility index (Phi) is 4.48. The van der Waals surface area contributed by atoms with Crippen molar-refractivity contribution in [3.8, 4) is 16.9 Å². The van der Waals surface area contributed by atoms with Crippen LogP contribution in [0.2, 0.25) is 0 Å². The molecule has 0 atom stereocenters. The number of thiocarbonyl (C=S) groups is 1. The van der Waals surface area contributed by atoms with Crippen LogP contribution in [-0.4, -0.2) is 18.4 Å². The second-order valence-corrected chi connectivity index (χ2v) is 5.66. The summed E-state index contributed by atoms with van der Waals surface area (Å²) in [4.78, 5) is 0. The lowest BCUT2D eigenvalue weighted by Crippen LogP contribution is -2.24. The minimum absolute atomic E-state index is 0.103. The highest BCUT2D eigenvalue weighted by atomic mass is 32.1. The van der Waals surface area contributed by atoms with Crippen LogP contribution in [0.25, 0.3) is 22.1 Å². The van der Waals surface area contributed by atoms with Gasteiger partial charge in [-0.25, -0.2) is 0 Å². The van der Waals surface area contributed by atoms with Gasteiger partial charge in [0.05, 0.1) is 13.3 Å². The van der Waals surface area contributed by atoms with Crippen LogP contribution < -0.4 is 15.9 Å². The molecule has 0 unspecified atom stereocenters. The molecule has 0 radical (unpaired) electrons. The smallest absolute Gasteiger partial charge is 0.184 e. The highest BCUT2D eigenvalue weighted by molar-refractivity contribution is 7.80. The Hall–Kier alpha value is -2.86. The van der Waals surface area contributed by atoms with E-state index >= 15 is 0 Å². The fourth-order valence-electron chi connectivity index (χ4n) is 2.67. The van der Waals surface area contributed by atoms with Crippen molar-refractivity contribution in [2.45, 2.75) is 6.92 Å². The topological polar surface area (TPSA) is 72.8 Å². The first kappa shape index (κ1) is 16.0. The number of methoxy groups -OCH3 is 1. The minimum atomic E-state index is 0.103. The van der Waals surface area contributed by atoms with Gasteiger partial charge in [-0.3, -0.25) is 5.43 Å². The van der Waals surface area contributed by atoms with Gasteiger partial charge in [0.25, 0.3) is 0 Å². The molecule has 0 saturated heterocycles. The lowest BCUT2D eigenvalue weighted by molar-refractivity contribution is 0.414. The Labute approximate surface area is 145 Å². The van der Waals surface area contributed by atoms with E-state index in [9.17, 15) is 0 Å². The van der Waals surface area contributed by atoms with Gasteiger partial charge in [-0.2, -0.15) is 5.10 Å². The summed E-state index contributed by atoms with van der Waals surface area (Å²) in [5, 5.41) is 5.08. The van der Waals surface area contributed by atoms with E-state index in [-0.39, 0.29) is 5.11 Å². The van der Waals surface area contributed by atoms with Crippen molar-refractivity contribution in [2.24, 2.45) is 10.8 Å². The number of hydrogen-bond donors (Lipinski definition) is 2. The molecule has 0 amide bonds. The molecule has 1 aromatic heterocycles. The molecule has 3 aromatic rings. The predicted octanol–water partition coefficient (Wildman–Crippen LogP) is 3.58. The van der Waals surface area contributed by atoms with Crippen LogP contribution in [0.5, 0.6) is 5.75 Å². The maximum atomic E-state index is 5.93. The Morgan fingerprint density at radius 2 is 2.04 bits per heavy atom. The summed E-state index contributed by atoms with van der Waals surface area (Å²) in [5.74, 6) is 1.54. The molecule has 0 aliphatic carbocycles. The fourth-order valence-corrected chi connectivity index (χ4v) is 2.72. The average molecular weight is 339 g/mol. The Morgan fingerprint density at radius 1 is 1.29 bits per heavy atom. The summed E-state index contributed by atoms with van der Waals surface area (Å²) < 4.78 is 11.4. The maximum absolute atomic E-state index is 5.93. The Bertz CT molecular complexity index is 917. The van der Waals surface area contributed by atoms with Gasteiger partial charge in [-0.1, -0.05) is 30.3 Å². The average Bonchev–Trinajstić information content (AvgIpc) is 2.89. The standard InChI is InChI=1S/C18H17N3O2S/c1-11-17(12-6-4-3-5-7-12)14-9-15(22-2)13(8-16(14)23-11)10-20-21-18(19)24/h3-10H,1-2H3,(H3,19,21,24). The molecule has 0 aliphatic heterocycles. The van der Waals surface area contributed by atoms with Gasteiger partial charge in [0.15, 0.2) is 5.11 Å². The lowest BCUT2D eigenvalue weighted by atomic mass is 10.0. The molecule has 6 heteroatoms. The Morgan fingerprint density at radius 3 is 2.71 bits per heavy atom. The zero-order valence-corrected chi connectivity index (χ0v) is 14.2. The summed E-state index contributed by atoms with van der Waals surface area (Å²) in [6.07, 6.45) is 1.59. The van der Waals surface area contributed by atoms with Crippen LogP contribution in [0.1, 0.15) is 11.3 Å². The molecule has 0 spiro atoms. The maximum Gasteiger partial charge on any atom is 0.184 e. The molecule has 3 rings (SSSR count). The highest BCUT2D eigenvalue weighted by Gasteiger charge is 2.15. The van der Waals surface area contributed by atoms with Crippen LogP contribution in [0.15, 0.2) is 52.0 Å². The normalized spacial score (nSPS) is 11.1. The van der Waals surface area contributed by atoms with E-state index in [0.29, 0.717) is 5.75 Å². The van der Waals surface area contributed by atoms with E-state index in [1.807, 2.05) is 37.3 Å². The van der Waals surface area contributed by atoms with Gasteiger partial charge in [0.2, 0.25) is 0 Å². The second-order valence-electron chi connectivity index (χ2n) is 5.22. The predicted molar refractivity (Wildman–Crippen MR) is 100 cm³/mol. The monoisotopic (exact) mass is 339 g/mol. The van der Waals surface area contributed by atoms with Crippen LogP contribution in [-0.2, 0) is 0 Å². The molecular formula is C18H17N3O2S. The van der Waals surface area contributed by atoms with Crippen LogP contribution >= 0.6 is 12.2 Å². The molecule has 0 fully saturated rings. The van der Waals surface area contributed by atoms with Crippen molar-refractivity contribution in [3.05, 3.63) is 53.8 Å². The fraction of sp³-hybridized carbons (Fsp3) is 0.111. The molecule has 3 N–H and O–H groups in total. The number of hydrazone groups is 1. The van der Waals surface area contributed by atoms with Crippen molar-refractivity contribution < 1.29 is 9.15 Å². The highest BCUT2D eigenvalue weighted by Crippen LogP contribution is 2.37. The molecule has 0 aliphatic rings. The van der Waals surface area contributed by atoms with E-state index in [1.54, 1.807) is 13.3 Å². The first-order valence-corrected chi connectivity index (χ1v) is 7.76. The summed E-state index contributed by atoms with van der Waals surface area (Å²) in [6, 6.07) is 14.0. The molecule has 0 saturated carbocycles. The number of rotatable bonds is 4. The SMILES string of the molecule is COc1cc2c(-c3ccccc3)c(C)oc2cc1C=NNC(N)=S. The Balaban J connectivity index is 2.13. The van der Waals surface area contributed by atoms with Crippen molar-refractivity contribution in [3.63, 3.8) is 0 Å². The molecule has 24 heavy (non-hydrogen) atoms. The van der Waals surface area contributed by atoms with E-state index in [0.717, 1.165) is 33.4 Å². The third-order valence-electron chi connectivity index (χ3n) is 3.66. The van der Waals surface area contributed by atoms with Gasteiger partial charge >= 0.3 is 0 Å². The van der Waals surface area contributed by atoms with E-state index in [2.05, 4.69) is 22.7 Å². The molecule has 0 bridgehead atoms. The largest absolute Gasteiger partial charge is 0.496 e. The molecule has 1 heterocycles. The summed E-state index contributed by atoms with van der Waals surface area (Å²) in [5.41, 5.74) is 11.6. The zero-order chi connectivity index (χ0) is 17.1. The molecule has 5 nitrogen and oxygen atoms in total. The number of nitrogens with two attached hydrogens (primary N) is 1. The first-order valence-electron chi connectivity index (χ1n) is 7.35. The zero-order valence-electron chi connectivity index (χ0n) is 13.4. The van der Waals surface area contributed by atoms with E-state index < -0.39 is 0 Å².